The van der Waals surface area contributed by atoms with E-state index in [1.165, 1.54) is 0 Å². The molecule has 2 aromatic rings. The van der Waals surface area contributed by atoms with Crippen molar-refractivity contribution in [3.05, 3.63) is 64.1 Å². The molecule has 0 spiro atoms. The predicted molar refractivity (Wildman–Crippen MR) is 126 cm³/mol. The van der Waals surface area contributed by atoms with Crippen LogP contribution in [-0.4, -0.2) is 34.6 Å². The Kier molecular flexibility index (Phi) is 10.0. The number of nitrogens with zero attached hydrogens (tertiary/aromatic N) is 1. The molecular weight excluding hydrogens is 439 g/mol. The van der Waals surface area contributed by atoms with Crippen LogP contribution in [0, 0.1) is 0 Å². The van der Waals surface area contributed by atoms with Gasteiger partial charge in [-0.25, -0.2) is 0 Å². The lowest BCUT2D eigenvalue weighted by Crippen LogP contribution is -2.49. The van der Waals surface area contributed by atoms with E-state index in [9.17, 15) is 9.59 Å². The minimum absolute atomic E-state index is 0.0460. The minimum Gasteiger partial charge on any atom is -0.352 e. The second-order valence-corrected chi connectivity index (χ2v) is 9.17. The highest BCUT2D eigenvalue weighted by molar-refractivity contribution is 7.99. The van der Waals surface area contributed by atoms with Crippen molar-refractivity contribution >= 4 is 46.8 Å². The highest BCUT2D eigenvalue weighted by Crippen LogP contribution is 2.24. The zero-order chi connectivity index (χ0) is 22.1. The number of rotatable bonds is 10. The Labute approximate surface area is 193 Å². The van der Waals surface area contributed by atoms with Crippen LogP contribution in [-0.2, 0) is 16.1 Å². The second kappa shape index (κ2) is 12.2. The average Bonchev–Trinajstić information content (AvgIpc) is 2.73. The lowest BCUT2D eigenvalue weighted by molar-refractivity contribution is -0.140. The Bertz CT molecular complexity index is 848. The van der Waals surface area contributed by atoms with E-state index in [4.69, 9.17) is 23.2 Å². The van der Waals surface area contributed by atoms with Gasteiger partial charge < -0.3 is 10.2 Å². The molecule has 2 atom stereocenters. The Morgan fingerprint density at radius 3 is 2.43 bits per heavy atom. The van der Waals surface area contributed by atoms with Crippen LogP contribution < -0.4 is 5.32 Å². The number of hydrogen-bond donors (Lipinski definition) is 1. The number of benzene rings is 2. The Balaban J connectivity index is 2.12. The maximum atomic E-state index is 13.1. The molecule has 2 rings (SSSR count). The van der Waals surface area contributed by atoms with Crippen LogP contribution in [0.15, 0.2) is 53.4 Å². The Morgan fingerprint density at radius 2 is 1.80 bits per heavy atom. The summed E-state index contributed by atoms with van der Waals surface area (Å²) in [6.07, 6.45) is 1.15. The van der Waals surface area contributed by atoms with E-state index in [1.54, 1.807) is 41.8 Å². The first kappa shape index (κ1) is 24.6. The molecule has 1 N–H and O–H groups in total. The molecule has 0 aliphatic heterocycles. The fraction of sp³-hybridized carbons (Fsp3) is 0.391. The van der Waals surface area contributed by atoms with Crippen LogP contribution >= 0.6 is 35.0 Å². The third-order valence-electron chi connectivity index (χ3n) is 4.85. The fourth-order valence-electron chi connectivity index (χ4n) is 2.80. The standard InChI is InChI=1S/C23H28Cl2N2O2S/c1-4-16(2)26-23(29)17(3)27(15-18-10-11-19(24)14-21(18)25)22(28)12-13-30-20-8-6-5-7-9-20/h5-11,14,16-17H,4,12-13,15H2,1-3H3,(H,26,29)/t16-,17+/m1/s1. The van der Waals surface area contributed by atoms with E-state index in [2.05, 4.69) is 5.32 Å². The van der Waals surface area contributed by atoms with E-state index in [0.29, 0.717) is 22.2 Å². The number of carbonyl (C=O) groups is 2. The molecule has 0 aromatic heterocycles. The van der Waals surface area contributed by atoms with E-state index in [-0.39, 0.29) is 24.4 Å². The van der Waals surface area contributed by atoms with Crippen molar-refractivity contribution < 1.29 is 9.59 Å². The molecule has 0 aliphatic rings. The van der Waals surface area contributed by atoms with Gasteiger partial charge in [0.05, 0.1) is 0 Å². The summed E-state index contributed by atoms with van der Waals surface area (Å²) in [6, 6.07) is 14.6. The molecule has 2 amide bonds. The zero-order valence-electron chi connectivity index (χ0n) is 17.5. The van der Waals surface area contributed by atoms with Crippen molar-refractivity contribution in [1.29, 1.82) is 0 Å². The van der Waals surface area contributed by atoms with Crippen molar-refractivity contribution in [2.45, 2.75) is 57.1 Å². The van der Waals surface area contributed by atoms with Crippen LogP contribution in [0.25, 0.3) is 0 Å². The average molecular weight is 467 g/mol. The summed E-state index contributed by atoms with van der Waals surface area (Å²) < 4.78 is 0. The molecule has 0 saturated carbocycles. The highest BCUT2D eigenvalue weighted by Gasteiger charge is 2.27. The molecule has 0 saturated heterocycles. The number of carbonyl (C=O) groups excluding carboxylic acids is 2. The van der Waals surface area contributed by atoms with Crippen molar-refractivity contribution in [3.8, 4) is 0 Å². The monoisotopic (exact) mass is 466 g/mol. The third-order valence-corrected chi connectivity index (χ3v) is 6.45. The normalized spacial score (nSPS) is 12.8. The van der Waals surface area contributed by atoms with E-state index < -0.39 is 6.04 Å². The van der Waals surface area contributed by atoms with Crippen LogP contribution in [0.1, 0.15) is 39.2 Å². The SMILES string of the molecule is CC[C@@H](C)NC(=O)[C@H](C)N(Cc1ccc(Cl)cc1Cl)C(=O)CCSc1ccccc1. The first-order chi connectivity index (χ1) is 14.3. The first-order valence-corrected chi connectivity index (χ1v) is 11.8. The highest BCUT2D eigenvalue weighted by atomic mass is 35.5. The Hall–Kier alpha value is -1.69. The molecule has 0 aliphatic carbocycles. The number of amides is 2. The van der Waals surface area contributed by atoms with Gasteiger partial charge in [0.15, 0.2) is 0 Å². The van der Waals surface area contributed by atoms with Crippen LogP contribution in [0.3, 0.4) is 0 Å². The van der Waals surface area contributed by atoms with Gasteiger partial charge in [0.2, 0.25) is 11.8 Å². The minimum atomic E-state index is -0.611. The van der Waals surface area contributed by atoms with E-state index >= 15 is 0 Å². The maximum Gasteiger partial charge on any atom is 0.242 e. The predicted octanol–water partition coefficient (Wildman–Crippen LogP) is 5.81. The summed E-state index contributed by atoms with van der Waals surface area (Å²) in [5.74, 6) is 0.377. The van der Waals surface area contributed by atoms with Gasteiger partial charge in [0, 0.05) is 39.7 Å². The molecular formula is C23H28Cl2N2O2S. The van der Waals surface area contributed by atoms with E-state index in [1.807, 2.05) is 44.2 Å². The maximum absolute atomic E-state index is 13.1. The largest absolute Gasteiger partial charge is 0.352 e. The zero-order valence-corrected chi connectivity index (χ0v) is 19.9. The third kappa shape index (κ3) is 7.53. The molecule has 4 nitrogen and oxygen atoms in total. The number of halogens is 2. The molecule has 0 fully saturated rings. The molecule has 2 aromatic carbocycles. The van der Waals surface area contributed by atoms with Gasteiger partial charge in [-0.15, -0.1) is 11.8 Å². The molecule has 30 heavy (non-hydrogen) atoms. The summed E-state index contributed by atoms with van der Waals surface area (Å²) in [6.45, 7) is 5.96. The van der Waals surface area contributed by atoms with Gasteiger partial charge in [0.1, 0.15) is 6.04 Å². The van der Waals surface area contributed by atoms with Gasteiger partial charge in [-0.1, -0.05) is 54.4 Å². The number of hydrogen-bond acceptors (Lipinski definition) is 3. The summed E-state index contributed by atoms with van der Waals surface area (Å²) >= 11 is 13.9. The van der Waals surface area contributed by atoms with Gasteiger partial charge in [-0.3, -0.25) is 9.59 Å². The van der Waals surface area contributed by atoms with Crippen molar-refractivity contribution in [3.63, 3.8) is 0 Å². The van der Waals surface area contributed by atoms with Gasteiger partial charge >= 0.3 is 0 Å². The van der Waals surface area contributed by atoms with Crippen molar-refractivity contribution in [2.24, 2.45) is 0 Å². The quantitative estimate of drug-likeness (QED) is 0.449. The summed E-state index contributed by atoms with van der Waals surface area (Å²) in [7, 11) is 0. The lowest BCUT2D eigenvalue weighted by Gasteiger charge is -2.30. The van der Waals surface area contributed by atoms with E-state index in [0.717, 1.165) is 16.9 Å². The number of thioether (sulfide) groups is 1. The van der Waals surface area contributed by atoms with Crippen molar-refractivity contribution in [2.75, 3.05) is 5.75 Å². The molecule has 162 valence electrons. The van der Waals surface area contributed by atoms with Crippen LogP contribution in [0.5, 0.6) is 0 Å². The van der Waals surface area contributed by atoms with Crippen molar-refractivity contribution in [1.82, 2.24) is 10.2 Å². The smallest absolute Gasteiger partial charge is 0.242 e. The fourth-order valence-corrected chi connectivity index (χ4v) is 4.13. The molecule has 7 heteroatoms. The Morgan fingerprint density at radius 1 is 1.10 bits per heavy atom. The first-order valence-electron chi connectivity index (χ1n) is 10.0. The molecule has 0 heterocycles. The lowest BCUT2D eigenvalue weighted by atomic mass is 10.1. The molecule has 0 radical (unpaired) electrons. The summed E-state index contributed by atoms with van der Waals surface area (Å²) in [4.78, 5) is 28.5. The number of nitrogens with one attached hydrogen (secondary N) is 1. The van der Waals surface area contributed by atoms with Gasteiger partial charge in [0.25, 0.3) is 0 Å². The summed E-state index contributed by atoms with van der Waals surface area (Å²) in [5, 5.41) is 3.98. The topological polar surface area (TPSA) is 49.4 Å². The van der Waals surface area contributed by atoms with Crippen LogP contribution in [0.2, 0.25) is 10.0 Å². The molecule has 0 bridgehead atoms. The van der Waals surface area contributed by atoms with Crippen LogP contribution in [0.4, 0.5) is 0 Å². The summed E-state index contributed by atoms with van der Waals surface area (Å²) in [5.41, 5.74) is 0.758. The molecule has 0 unspecified atom stereocenters. The van der Waals surface area contributed by atoms with Gasteiger partial charge in [-0.05, 0) is 50.1 Å². The second-order valence-electron chi connectivity index (χ2n) is 7.16. The van der Waals surface area contributed by atoms with Gasteiger partial charge in [-0.2, -0.15) is 0 Å².